The number of carbonyl (C=O) groups is 1. The molecule has 0 radical (unpaired) electrons. The number of aliphatic hydroxyl groups excluding tert-OH is 1. The number of ether oxygens (including phenoxy) is 1. The van der Waals surface area contributed by atoms with Crippen molar-refractivity contribution in [3.05, 3.63) is 23.2 Å². The van der Waals surface area contributed by atoms with Crippen molar-refractivity contribution in [2.75, 3.05) is 13.7 Å². The second-order valence-corrected chi connectivity index (χ2v) is 6.91. The highest BCUT2D eigenvalue weighted by molar-refractivity contribution is 7.89. The summed E-state index contributed by atoms with van der Waals surface area (Å²) in [7, 11) is -2.83. The summed E-state index contributed by atoms with van der Waals surface area (Å²) in [5, 5.41) is 19.0. The van der Waals surface area contributed by atoms with Gasteiger partial charge in [-0.05, 0) is 12.1 Å². The number of halogens is 1. The van der Waals surface area contributed by atoms with Crippen molar-refractivity contribution in [3.8, 4) is 5.75 Å². The van der Waals surface area contributed by atoms with Crippen molar-refractivity contribution in [1.29, 1.82) is 0 Å². The van der Waals surface area contributed by atoms with E-state index in [4.69, 9.17) is 21.4 Å². The van der Waals surface area contributed by atoms with Crippen LogP contribution in [0.2, 0.25) is 5.02 Å². The molecule has 2 rings (SSSR count). The molecule has 116 valence electrons. The van der Waals surface area contributed by atoms with E-state index in [-0.39, 0.29) is 23.6 Å². The van der Waals surface area contributed by atoms with Crippen molar-refractivity contribution in [1.82, 2.24) is 4.31 Å². The molecule has 21 heavy (non-hydrogen) atoms. The Morgan fingerprint density at radius 1 is 1.48 bits per heavy atom. The van der Waals surface area contributed by atoms with Crippen LogP contribution in [0.15, 0.2) is 23.1 Å². The maximum Gasteiger partial charge on any atom is 0.322 e. The van der Waals surface area contributed by atoms with E-state index in [1.165, 1.54) is 25.3 Å². The van der Waals surface area contributed by atoms with E-state index in [1.54, 1.807) is 0 Å². The van der Waals surface area contributed by atoms with E-state index in [9.17, 15) is 18.3 Å². The van der Waals surface area contributed by atoms with E-state index in [1.807, 2.05) is 0 Å². The molecule has 2 atom stereocenters. The number of carboxylic acids is 1. The molecular formula is C12H14ClNO6S. The fourth-order valence-electron chi connectivity index (χ4n) is 2.26. The molecule has 9 heteroatoms. The van der Waals surface area contributed by atoms with Gasteiger partial charge in [0.15, 0.2) is 0 Å². The molecule has 7 nitrogen and oxygen atoms in total. The summed E-state index contributed by atoms with van der Waals surface area (Å²) in [6.45, 7) is -0.273. The summed E-state index contributed by atoms with van der Waals surface area (Å²) in [6.07, 6.45) is -1.16. The Bertz CT molecular complexity index is 662. The van der Waals surface area contributed by atoms with Crippen LogP contribution < -0.4 is 4.74 Å². The van der Waals surface area contributed by atoms with Crippen molar-refractivity contribution < 1.29 is 28.2 Å². The van der Waals surface area contributed by atoms with Gasteiger partial charge < -0.3 is 14.9 Å². The number of sulfonamides is 1. The molecule has 0 bridgehead atoms. The minimum atomic E-state index is -4.12. The van der Waals surface area contributed by atoms with Crippen molar-refractivity contribution >= 4 is 27.6 Å². The van der Waals surface area contributed by atoms with Gasteiger partial charge in [-0.1, -0.05) is 11.6 Å². The average molecular weight is 336 g/mol. The highest BCUT2D eigenvalue weighted by Gasteiger charge is 2.44. The van der Waals surface area contributed by atoms with Gasteiger partial charge >= 0.3 is 5.97 Å². The third kappa shape index (κ3) is 2.98. The van der Waals surface area contributed by atoms with Crippen LogP contribution in [0.3, 0.4) is 0 Å². The fraction of sp³-hybridized carbons (Fsp3) is 0.417. The standard InChI is InChI=1S/C12H14ClNO6S/c1-20-10-4-7(13)2-3-11(10)21(18,19)14-6-8(15)5-9(14)12(16)17/h2-4,8-9,15H,5-6H2,1H3,(H,16,17)/t8-,9+/m1/s1. The Kier molecular flexibility index (Phi) is 4.43. The summed E-state index contributed by atoms with van der Waals surface area (Å²) < 4.78 is 31.0. The number of benzene rings is 1. The normalized spacial score (nSPS) is 23.2. The highest BCUT2D eigenvalue weighted by Crippen LogP contribution is 2.33. The Morgan fingerprint density at radius 2 is 2.14 bits per heavy atom. The first-order valence-corrected chi connectivity index (χ1v) is 7.85. The zero-order chi connectivity index (χ0) is 15.8. The van der Waals surface area contributed by atoms with Gasteiger partial charge in [0.2, 0.25) is 10.0 Å². The predicted octanol–water partition coefficient (Wildman–Crippen LogP) is 0.557. The van der Waals surface area contributed by atoms with Gasteiger partial charge in [-0.25, -0.2) is 8.42 Å². The molecule has 1 heterocycles. The Hall–Kier alpha value is -1.35. The van der Waals surface area contributed by atoms with E-state index >= 15 is 0 Å². The van der Waals surface area contributed by atoms with Gasteiger partial charge in [0.05, 0.1) is 13.2 Å². The number of aliphatic hydroxyl groups is 1. The smallest absolute Gasteiger partial charge is 0.322 e. The minimum absolute atomic E-state index is 0.0213. The maximum absolute atomic E-state index is 12.6. The molecule has 2 N–H and O–H groups in total. The number of rotatable bonds is 4. The lowest BCUT2D eigenvalue weighted by atomic mass is 10.2. The quantitative estimate of drug-likeness (QED) is 0.833. The van der Waals surface area contributed by atoms with Gasteiger partial charge in [-0.3, -0.25) is 4.79 Å². The summed E-state index contributed by atoms with van der Waals surface area (Å²) in [6, 6.07) is 2.65. The van der Waals surface area contributed by atoms with E-state index in [2.05, 4.69) is 0 Å². The molecule has 1 aliphatic rings. The van der Waals surface area contributed by atoms with Gasteiger partial charge in [0, 0.05) is 24.1 Å². The first-order chi connectivity index (χ1) is 9.77. The number of hydrogen-bond donors (Lipinski definition) is 2. The largest absolute Gasteiger partial charge is 0.495 e. The summed E-state index contributed by atoms with van der Waals surface area (Å²) in [5.74, 6) is -1.28. The molecule has 0 aromatic heterocycles. The van der Waals surface area contributed by atoms with Crippen LogP contribution in [0.4, 0.5) is 0 Å². The SMILES string of the molecule is COc1cc(Cl)ccc1S(=O)(=O)N1C[C@H](O)C[C@H]1C(=O)O. The Labute approximate surface area is 126 Å². The lowest BCUT2D eigenvalue weighted by Crippen LogP contribution is -2.40. The molecule has 0 amide bonds. The molecule has 0 aliphatic carbocycles. The predicted molar refractivity (Wildman–Crippen MR) is 73.9 cm³/mol. The molecule has 1 saturated heterocycles. The maximum atomic E-state index is 12.6. The van der Waals surface area contributed by atoms with Gasteiger partial charge in [-0.2, -0.15) is 4.31 Å². The van der Waals surface area contributed by atoms with Crippen LogP contribution in [-0.2, 0) is 14.8 Å². The molecular weight excluding hydrogens is 322 g/mol. The highest BCUT2D eigenvalue weighted by atomic mass is 35.5. The molecule has 1 aromatic rings. The number of hydrogen-bond acceptors (Lipinski definition) is 5. The molecule has 0 saturated carbocycles. The average Bonchev–Trinajstić information content (AvgIpc) is 2.81. The van der Waals surface area contributed by atoms with Crippen LogP contribution in [0.1, 0.15) is 6.42 Å². The number of methoxy groups -OCH3 is 1. The Balaban J connectivity index is 2.49. The first-order valence-electron chi connectivity index (χ1n) is 6.03. The molecule has 0 unspecified atom stereocenters. The van der Waals surface area contributed by atoms with Crippen LogP contribution >= 0.6 is 11.6 Å². The van der Waals surface area contributed by atoms with Crippen molar-refractivity contribution in [3.63, 3.8) is 0 Å². The van der Waals surface area contributed by atoms with Crippen LogP contribution in [0.25, 0.3) is 0 Å². The number of β-amino-alcohol motifs (C(OH)–C–C–N with tert-alkyl or cyclic N) is 1. The van der Waals surface area contributed by atoms with Gasteiger partial charge in [0.1, 0.15) is 16.7 Å². The number of nitrogens with zero attached hydrogens (tertiary/aromatic N) is 1. The van der Waals surface area contributed by atoms with Crippen LogP contribution in [-0.4, -0.2) is 54.7 Å². The van der Waals surface area contributed by atoms with E-state index in [0.29, 0.717) is 5.02 Å². The molecule has 1 fully saturated rings. The van der Waals surface area contributed by atoms with Crippen molar-refractivity contribution in [2.45, 2.75) is 23.5 Å². The van der Waals surface area contributed by atoms with E-state index < -0.39 is 28.1 Å². The lowest BCUT2D eigenvalue weighted by molar-refractivity contribution is -0.140. The van der Waals surface area contributed by atoms with Crippen LogP contribution in [0, 0.1) is 0 Å². The summed E-state index contributed by atoms with van der Waals surface area (Å²) in [5.41, 5.74) is 0. The van der Waals surface area contributed by atoms with Gasteiger partial charge in [-0.15, -0.1) is 0 Å². The summed E-state index contributed by atoms with van der Waals surface area (Å²) in [4.78, 5) is 11.0. The monoisotopic (exact) mass is 335 g/mol. The third-order valence-corrected chi connectivity index (χ3v) is 5.38. The minimum Gasteiger partial charge on any atom is -0.495 e. The first kappa shape index (κ1) is 16.0. The molecule has 1 aliphatic heterocycles. The summed E-state index contributed by atoms with van der Waals surface area (Å²) >= 11 is 5.79. The second-order valence-electron chi connectivity index (χ2n) is 4.61. The van der Waals surface area contributed by atoms with Crippen molar-refractivity contribution in [2.24, 2.45) is 0 Å². The fourth-order valence-corrected chi connectivity index (χ4v) is 4.19. The zero-order valence-electron chi connectivity index (χ0n) is 11.1. The topological polar surface area (TPSA) is 104 Å². The number of aliphatic carboxylic acids is 1. The third-order valence-electron chi connectivity index (χ3n) is 3.23. The zero-order valence-corrected chi connectivity index (χ0v) is 12.6. The molecule has 1 aromatic carbocycles. The van der Waals surface area contributed by atoms with Gasteiger partial charge in [0.25, 0.3) is 0 Å². The lowest BCUT2D eigenvalue weighted by Gasteiger charge is -2.21. The number of carboxylic acid groups (broad SMARTS) is 1. The molecule has 0 spiro atoms. The van der Waals surface area contributed by atoms with E-state index in [0.717, 1.165) is 4.31 Å². The van der Waals surface area contributed by atoms with Crippen LogP contribution in [0.5, 0.6) is 5.75 Å². The second kappa shape index (κ2) is 5.80. The Morgan fingerprint density at radius 3 is 2.71 bits per heavy atom.